The number of halogens is 15. The summed E-state index contributed by atoms with van der Waals surface area (Å²) in [4.78, 5) is 34.4. The molecular weight excluding hydrogens is 605 g/mol. The highest BCUT2D eigenvalue weighted by atomic mass is 19.4. The molecule has 0 unspecified atom stereocenters. The first-order valence-electron chi connectivity index (χ1n) is 9.79. The minimum Gasteiger partial charge on any atom is -0.422 e. The van der Waals surface area contributed by atoms with E-state index in [0.717, 1.165) is 5.32 Å². The molecule has 6 nitrogen and oxygen atoms in total. The Hall–Kier alpha value is -3.68. The fourth-order valence-electron chi connectivity index (χ4n) is 2.82. The summed E-state index contributed by atoms with van der Waals surface area (Å²) in [5.41, 5.74) is -1.68. The highest BCUT2D eigenvalue weighted by molar-refractivity contribution is 5.98. The molecule has 2 aromatic rings. The van der Waals surface area contributed by atoms with Crippen LogP contribution in [0.2, 0.25) is 0 Å². The van der Waals surface area contributed by atoms with E-state index in [1.807, 2.05) is 0 Å². The van der Waals surface area contributed by atoms with Crippen LogP contribution in [0.15, 0.2) is 24.4 Å². The molecular formula is C19H9F15N2O4. The largest absolute Gasteiger partial charge is 0.465 e. The van der Waals surface area contributed by atoms with Gasteiger partial charge in [-0.15, -0.1) is 0 Å². The van der Waals surface area contributed by atoms with Crippen LogP contribution in [0.3, 0.4) is 0 Å². The number of carbonyl (C=O) groups excluding carboxylic acids is 3. The van der Waals surface area contributed by atoms with Gasteiger partial charge in [0.05, 0.1) is 5.52 Å². The average Bonchev–Trinajstić information content (AvgIpc) is 3.13. The zero-order valence-corrected chi connectivity index (χ0v) is 18.5. The van der Waals surface area contributed by atoms with E-state index in [-0.39, 0.29) is 12.3 Å². The van der Waals surface area contributed by atoms with Crippen LogP contribution < -0.4 is 10.1 Å². The molecule has 0 spiro atoms. The first-order valence-corrected chi connectivity index (χ1v) is 9.79. The normalized spacial score (nSPS) is 13.9. The molecule has 0 saturated heterocycles. The topological polar surface area (TPSA) is 77.4 Å². The number of hydrogen-bond donors (Lipinski definition) is 1. The molecule has 0 aliphatic carbocycles. The van der Waals surface area contributed by atoms with E-state index in [1.54, 1.807) is 0 Å². The molecule has 0 saturated carbocycles. The van der Waals surface area contributed by atoms with Gasteiger partial charge in [-0.2, -0.15) is 65.9 Å². The molecule has 1 N–H and O–H groups in total. The second-order valence-corrected chi connectivity index (χ2v) is 7.62. The molecule has 0 bridgehead atoms. The fourth-order valence-corrected chi connectivity index (χ4v) is 2.82. The van der Waals surface area contributed by atoms with Gasteiger partial charge in [0.15, 0.2) is 0 Å². The highest BCUT2D eigenvalue weighted by Crippen LogP contribution is 2.40. The van der Waals surface area contributed by atoms with Crippen molar-refractivity contribution in [3.8, 4) is 5.75 Å². The Bertz CT molecular complexity index is 1310. The summed E-state index contributed by atoms with van der Waals surface area (Å²) in [6, 6.07) is 0.947. The maximum Gasteiger partial charge on any atom is 0.465 e. The Morgan fingerprint density at radius 3 is 1.70 bits per heavy atom. The highest BCUT2D eigenvalue weighted by Gasteiger charge is 2.66. The summed E-state index contributed by atoms with van der Waals surface area (Å²) in [7, 11) is 0. The van der Waals surface area contributed by atoms with Crippen molar-refractivity contribution in [1.29, 1.82) is 0 Å². The number of nitrogens with zero attached hydrogens (tertiary/aromatic N) is 1. The maximum absolute atomic E-state index is 13.6. The van der Waals surface area contributed by atoms with Crippen LogP contribution in [0, 0.1) is 0 Å². The van der Waals surface area contributed by atoms with Gasteiger partial charge < -0.3 is 10.1 Å². The van der Waals surface area contributed by atoms with Crippen molar-refractivity contribution in [2.24, 2.45) is 0 Å². The first-order chi connectivity index (χ1) is 17.8. The third-order valence-corrected chi connectivity index (χ3v) is 4.85. The summed E-state index contributed by atoms with van der Waals surface area (Å²) in [5, 5.41) is 0.276. The Morgan fingerprint density at radius 1 is 0.725 bits per heavy atom. The monoisotopic (exact) mass is 614 g/mol. The number of nitrogens with one attached hydrogen (secondary N) is 1. The number of benzene rings is 1. The lowest BCUT2D eigenvalue weighted by Gasteiger charge is -2.19. The second-order valence-electron chi connectivity index (χ2n) is 7.62. The van der Waals surface area contributed by atoms with Gasteiger partial charge in [-0.05, 0) is 30.2 Å². The summed E-state index contributed by atoms with van der Waals surface area (Å²) in [6.45, 7) is -1.23. The van der Waals surface area contributed by atoms with E-state index in [1.165, 1.54) is 0 Å². The molecule has 1 aromatic heterocycles. The van der Waals surface area contributed by atoms with Crippen molar-refractivity contribution in [1.82, 2.24) is 9.88 Å². The van der Waals surface area contributed by atoms with Crippen LogP contribution in [0.25, 0.3) is 10.9 Å². The smallest absolute Gasteiger partial charge is 0.422 e. The standard InChI is InChI=1S/C19H9F15N2O4/c20-14(21,17(26,27)28)11(37)35-4-3-7-6-36(12(38)15(22,23)18(29,30)31)10-2-1-8(5-9(7)10)40-13(39)16(24,25)19(32,33)34/h1-2,5-6H,3-4H2,(H,35,37). The van der Waals surface area contributed by atoms with Crippen molar-refractivity contribution >= 4 is 28.7 Å². The Morgan fingerprint density at radius 2 is 1.23 bits per heavy atom. The lowest BCUT2D eigenvalue weighted by molar-refractivity contribution is -0.276. The van der Waals surface area contributed by atoms with Gasteiger partial charge in [0.1, 0.15) is 5.75 Å². The molecule has 224 valence electrons. The minimum atomic E-state index is -6.48. The zero-order chi connectivity index (χ0) is 31.3. The van der Waals surface area contributed by atoms with Crippen LogP contribution in [0.1, 0.15) is 10.4 Å². The number of alkyl halides is 15. The van der Waals surface area contributed by atoms with E-state index in [9.17, 15) is 80.2 Å². The number of esters is 1. The lowest BCUT2D eigenvalue weighted by Crippen LogP contribution is -2.50. The van der Waals surface area contributed by atoms with Crippen molar-refractivity contribution in [3.05, 3.63) is 30.0 Å². The molecule has 21 heteroatoms. The number of hydrogen-bond acceptors (Lipinski definition) is 4. The lowest BCUT2D eigenvalue weighted by atomic mass is 10.1. The molecule has 0 atom stereocenters. The summed E-state index contributed by atoms with van der Waals surface area (Å²) in [6.07, 6.45) is -20.1. The molecule has 1 amide bonds. The zero-order valence-electron chi connectivity index (χ0n) is 18.5. The van der Waals surface area contributed by atoms with Crippen molar-refractivity contribution < 1.29 is 85.0 Å². The third kappa shape index (κ3) is 5.91. The molecule has 40 heavy (non-hydrogen) atoms. The van der Waals surface area contributed by atoms with Gasteiger partial charge in [0.25, 0.3) is 5.91 Å². The molecule has 0 aliphatic rings. The average molecular weight is 614 g/mol. The molecule has 1 heterocycles. The Labute approximate surface area is 209 Å². The van der Waals surface area contributed by atoms with Gasteiger partial charge in [-0.25, -0.2) is 4.79 Å². The number of fused-ring (bicyclic) bond motifs is 1. The van der Waals surface area contributed by atoms with E-state index in [4.69, 9.17) is 0 Å². The summed E-state index contributed by atoms with van der Waals surface area (Å²) >= 11 is 0. The van der Waals surface area contributed by atoms with E-state index in [0.29, 0.717) is 12.1 Å². The number of rotatable bonds is 7. The molecule has 0 aliphatic heterocycles. The van der Waals surface area contributed by atoms with Crippen molar-refractivity contribution in [3.63, 3.8) is 0 Å². The first kappa shape index (κ1) is 32.5. The van der Waals surface area contributed by atoms with Gasteiger partial charge >= 0.3 is 48.2 Å². The SMILES string of the molecule is O=C(NCCc1cn(C(=O)C(F)(F)C(F)(F)F)c2ccc(OC(=O)C(F)(F)C(F)(F)F)cc12)C(F)(F)C(F)(F)F. The molecule has 1 aromatic carbocycles. The van der Waals surface area contributed by atoms with Gasteiger partial charge in [0, 0.05) is 18.1 Å². The van der Waals surface area contributed by atoms with Crippen molar-refractivity contribution in [2.45, 2.75) is 42.7 Å². The van der Waals surface area contributed by atoms with Crippen molar-refractivity contribution in [2.75, 3.05) is 6.54 Å². The predicted octanol–water partition coefficient (Wildman–Crippen LogP) is 5.44. The van der Waals surface area contributed by atoms with Crippen LogP contribution in [-0.4, -0.2) is 65.2 Å². The number of aromatic nitrogens is 1. The van der Waals surface area contributed by atoms with Crippen LogP contribution in [-0.2, 0) is 16.0 Å². The Kier molecular flexibility index (Phi) is 8.18. The predicted molar refractivity (Wildman–Crippen MR) is 97.9 cm³/mol. The van der Waals surface area contributed by atoms with Crippen LogP contribution >= 0.6 is 0 Å². The maximum atomic E-state index is 13.6. The fraction of sp³-hybridized carbons (Fsp3) is 0.421. The van der Waals surface area contributed by atoms with E-state index in [2.05, 4.69) is 4.74 Å². The van der Waals surface area contributed by atoms with Crippen LogP contribution in [0.4, 0.5) is 65.9 Å². The van der Waals surface area contributed by atoms with E-state index >= 15 is 0 Å². The summed E-state index contributed by atoms with van der Waals surface area (Å²) < 4.78 is 195. The second kappa shape index (κ2) is 10.1. The van der Waals surface area contributed by atoms with E-state index < -0.39 is 93.8 Å². The number of ether oxygens (including phenoxy) is 1. The number of carbonyl (C=O) groups is 3. The van der Waals surface area contributed by atoms with Gasteiger partial charge in [0.2, 0.25) is 0 Å². The third-order valence-electron chi connectivity index (χ3n) is 4.85. The molecule has 0 fully saturated rings. The van der Waals surface area contributed by atoms with Gasteiger partial charge in [-0.1, -0.05) is 0 Å². The van der Waals surface area contributed by atoms with Gasteiger partial charge in [-0.3, -0.25) is 14.2 Å². The molecule has 2 rings (SSSR count). The summed E-state index contributed by atoms with van der Waals surface area (Å²) in [5.74, 6) is -28.5. The van der Waals surface area contributed by atoms with Crippen LogP contribution in [0.5, 0.6) is 5.75 Å². The minimum absolute atomic E-state index is 0.163. The quantitative estimate of drug-likeness (QED) is 0.256. The molecule has 0 radical (unpaired) electrons. The number of amides is 1. The Balaban J connectivity index is 2.52.